The van der Waals surface area contributed by atoms with Gasteiger partial charge >= 0.3 is 0 Å². The van der Waals surface area contributed by atoms with Gasteiger partial charge in [0.25, 0.3) is 0 Å². The maximum absolute atomic E-state index is 5.69. The lowest BCUT2D eigenvalue weighted by Gasteiger charge is -2.17. The first-order valence-electron chi connectivity index (χ1n) is 5.02. The van der Waals surface area contributed by atoms with E-state index in [1.165, 1.54) is 6.33 Å². The zero-order chi connectivity index (χ0) is 10.6. The van der Waals surface area contributed by atoms with E-state index >= 15 is 0 Å². The minimum atomic E-state index is 0.461. The third-order valence-corrected chi connectivity index (χ3v) is 2.45. The molecule has 1 aromatic rings. The molecule has 78 valence electrons. The van der Waals surface area contributed by atoms with Crippen LogP contribution in [-0.2, 0) is 0 Å². The van der Waals surface area contributed by atoms with Crippen LogP contribution in [0.5, 0.6) is 0 Å². The van der Waals surface area contributed by atoms with Gasteiger partial charge in [0.1, 0.15) is 18.0 Å². The number of rotatable bonds is 4. The van der Waals surface area contributed by atoms with Gasteiger partial charge < -0.3 is 11.1 Å². The highest BCUT2D eigenvalue weighted by atomic mass is 15.1. The third-order valence-electron chi connectivity index (χ3n) is 2.45. The molecule has 1 heterocycles. The first-order chi connectivity index (χ1) is 6.69. The zero-order valence-electron chi connectivity index (χ0n) is 9.04. The van der Waals surface area contributed by atoms with Gasteiger partial charge in [0, 0.05) is 11.6 Å². The zero-order valence-corrected chi connectivity index (χ0v) is 9.04. The van der Waals surface area contributed by atoms with Crippen molar-refractivity contribution in [1.82, 2.24) is 9.97 Å². The molecule has 0 aliphatic carbocycles. The Morgan fingerprint density at radius 1 is 1.36 bits per heavy atom. The molecule has 0 aromatic carbocycles. The molecule has 0 saturated heterocycles. The summed E-state index contributed by atoms with van der Waals surface area (Å²) in [5, 5.41) is 3.36. The molecule has 4 heteroatoms. The van der Waals surface area contributed by atoms with E-state index in [9.17, 15) is 0 Å². The van der Waals surface area contributed by atoms with E-state index in [0.29, 0.717) is 11.9 Å². The van der Waals surface area contributed by atoms with Crippen LogP contribution in [-0.4, -0.2) is 16.0 Å². The summed E-state index contributed by atoms with van der Waals surface area (Å²) < 4.78 is 0. The van der Waals surface area contributed by atoms with E-state index in [2.05, 4.69) is 29.1 Å². The monoisotopic (exact) mass is 194 g/mol. The van der Waals surface area contributed by atoms with E-state index in [4.69, 9.17) is 5.73 Å². The predicted octanol–water partition coefficient (Wildman–Crippen LogP) is 1.97. The van der Waals surface area contributed by atoms with Crippen molar-refractivity contribution in [2.24, 2.45) is 0 Å². The lowest BCUT2D eigenvalue weighted by Crippen LogP contribution is -2.19. The summed E-state index contributed by atoms with van der Waals surface area (Å²) in [5.74, 6) is 1.40. The molecule has 14 heavy (non-hydrogen) atoms. The lowest BCUT2D eigenvalue weighted by atomic mass is 10.1. The van der Waals surface area contributed by atoms with Crippen LogP contribution in [0.1, 0.15) is 32.3 Å². The van der Waals surface area contributed by atoms with Crippen molar-refractivity contribution in [3.05, 3.63) is 11.9 Å². The van der Waals surface area contributed by atoms with Crippen LogP contribution in [0.2, 0.25) is 0 Å². The van der Waals surface area contributed by atoms with Crippen LogP contribution < -0.4 is 11.1 Å². The van der Waals surface area contributed by atoms with Gasteiger partial charge in [0.15, 0.2) is 0 Å². The SMILES string of the molecule is CCC(CC)Nc1ncnc(N)c1C. The number of hydrogen-bond donors (Lipinski definition) is 2. The number of aromatic nitrogens is 2. The number of nitrogens with two attached hydrogens (primary N) is 1. The Morgan fingerprint density at radius 2 is 2.00 bits per heavy atom. The highest BCUT2D eigenvalue weighted by molar-refractivity contribution is 5.54. The summed E-state index contributed by atoms with van der Waals surface area (Å²) >= 11 is 0. The van der Waals surface area contributed by atoms with E-state index in [0.717, 1.165) is 24.2 Å². The Kier molecular flexibility index (Phi) is 3.68. The smallest absolute Gasteiger partial charge is 0.134 e. The van der Waals surface area contributed by atoms with Crippen molar-refractivity contribution in [2.75, 3.05) is 11.1 Å². The molecule has 1 rings (SSSR count). The van der Waals surface area contributed by atoms with E-state index in [1.807, 2.05) is 6.92 Å². The fourth-order valence-electron chi connectivity index (χ4n) is 1.30. The van der Waals surface area contributed by atoms with Crippen LogP contribution >= 0.6 is 0 Å². The molecular formula is C10H18N4. The van der Waals surface area contributed by atoms with Gasteiger partial charge in [-0.1, -0.05) is 13.8 Å². The van der Waals surface area contributed by atoms with E-state index in [-0.39, 0.29) is 0 Å². The van der Waals surface area contributed by atoms with Gasteiger partial charge in [-0.15, -0.1) is 0 Å². The topological polar surface area (TPSA) is 63.8 Å². The maximum Gasteiger partial charge on any atom is 0.134 e. The van der Waals surface area contributed by atoms with Crippen LogP contribution in [0.4, 0.5) is 11.6 Å². The number of nitrogens with zero attached hydrogens (tertiary/aromatic N) is 2. The molecule has 3 N–H and O–H groups in total. The van der Waals surface area contributed by atoms with Gasteiger partial charge in [-0.05, 0) is 19.8 Å². The predicted molar refractivity (Wildman–Crippen MR) is 59.2 cm³/mol. The van der Waals surface area contributed by atoms with Crippen molar-refractivity contribution < 1.29 is 0 Å². The Labute approximate surface area is 85.0 Å². The summed E-state index contributed by atoms with van der Waals surface area (Å²) in [6.45, 7) is 6.24. The third kappa shape index (κ3) is 2.34. The van der Waals surface area contributed by atoms with Crippen LogP contribution in [0, 0.1) is 6.92 Å². The molecule has 0 spiro atoms. The average molecular weight is 194 g/mol. The van der Waals surface area contributed by atoms with Gasteiger partial charge in [-0.2, -0.15) is 0 Å². The number of anilines is 2. The second-order valence-corrected chi connectivity index (χ2v) is 3.39. The van der Waals surface area contributed by atoms with E-state index < -0.39 is 0 Å². The molecule has 0 atom stereocenters. The Hall–Kier alpha value is -1.32. The summed E-state index contributed by atoms with van der Waals surface area (Å²) in [6.07, 6.45) is 3.66. The first kappa shape index (κ1) is 10.8. The molecule has 0 aliphatic rings. The Balaban J connectivity index is 2.80. The molecule has 1 aromatic heterocycles. The van der Waals surface area contributed by atoms with Gasteiger partial charge in [0.05, 0.1) is 0 Å². The summed E-state index contributed by atoms with van der Waals surface area (Å²) in [7, 11) is 0. The molecule has 0 amide bonds. The molecule has 0 bridgehead atoms. The van der Waals surface area contributed by atoms with Crippen molar-refractivity contribution in [1.29, 1.82) is 0 Å². The lowest BCUT2D eigenvalue weighted by molar-refractivity contribution is 0.667. The summed E-state index contributed by atoms with van der Waals surface area (Å²) in [6, 6.07) is 0.461. The molecule has 0 radical (unpaired) electrons. The summed E-state index contributed by atoms with van der Waals surface area (Å²) in [5.41, 5.74) is 6.62. The van der Waals surface area contributed by atoms with Gasteiger partial charge in [-0.3, -0.25) is 0 Å². The number of nitrogen functional groups attached to an aromatic ring is 1. The van der Waals surface area contributed by atoms with Crippen molar-refractivity contribution in [2.45, 2.75) is 39.7 Å². The highest BCUT2D eigenvalue weighted by Gasteiger charge is 2.08. The molecule has 0 fully saturated rings. The van der Waals surface area contributed by atoms with Gasteiger partial charge in [0.2, 0.25) is 0 Å². The maximum atomic E-state index is 5.69. The van der Waals surface area contributed by atoms with Crippen LogP contribution in [0.3, 0.4) is 0 Å². The molecule has 0 unspecified atom stereocenters. The Morgan fingerprint density at radius 3 is 2.57 bits per heavy atom. The van der Waals surface area contributed by atoms with Gasteiger partial charge in [-0.25, -0.2) is 9.97 Å². The summed E-state index contributed by atoms with van der Waals surface area (Å²) in [4.78, 5) is 8.10. The standard InChI is InChI=1S/C10H18N4/c1-4-8(5-2)14-10-7(3)9(11)12-6-13-10/h6,8H,4-5H2,1-3H3,(H3,11,12,13,14). The van der Waals surface area contributed by atoms with Crippen molar-refractivity contribution >= 4 is 11.6 Å². The van der Waals surface area contributed by atoms with Crippen LogP contribution in [0.25, 0.3) is 0 Å². The molecular weight excluding hydrogens is 176 g/mol. The average Bonchev–Trinajstić information content (AvgIpc) is 2.20. The van der Waals surface area contributed by atoms with Crippen molar-refractivity contribution in [3.8, 4) is 0 Å². The van der Waals surface area contributed by atoms with Crippen molar-refractivity contribution in [3.63, 3.8) is 0 Å². The largest absolute Gasteiger partial charge is 0.383 e. The second kappa shape index (κ2) is 4.79. The van der Waals surface area contributed by atoms with E-state index in [1.54, 1.807) is 0 Å². The molecule has 4 nitrogen and oxygen atoms in total. The highest BCUT2D eigenvalue weighted by Crippen LogP contribution is 2.17. The quantitative estimate of drug-likeness (QED) is 0.769. The van der Waals surface area contributed by atoms with Crippen LogP contribution in [0.15, 0.2) is 6.33 Å². The molecule has 0 saturated carbocycles. The minimum absolute atomic E-state index is 0.461. The first-order valence-corrected chi connectivity index (χ1v) is 5.02. The Bertz CT molecular complexity index is 294. The number of nitrogens with one attached hydrogen (secondary N) is 1. The molecule has 0 aliphatic heterocycles. The fraction of sp³-hybridized carbons (Fsp3) is 0.600. The normalized spacial score (nSPS) is 10.6. The number of hydrogen-bond acceptors (Lipinski definition) is 4. The minimum Gasteiger partial charge on any atom is -0.383 e. The second-order valence-electron chi connectivity index (χ2n) is 3.39. The fourth-order valence-corrected chi connectivity index (χ4v) is 1.30.